The molecule has 0 saturated carbocycles. The fourth-order valence-corrected chi connectivity index (χ4v) is 2.11. The fraction of sp³-hybridized carbons (Fsp3) is 0.385. The van der Waals surface area contributed by atoms with E-state index in [1.165, 1.54) is 5.56 Å². The lowest BCUT2D eigenvalue weighted by Gasteiger charge is -2.25. The van der Waals surface area contributed by atoms with Crippen LogP contribution < -0.4 is 16.4 Å². The minimum Gasteiger partial charge on any atom is -0.327 e. The maximum Gasteiger partial charge on any atom is 0.322 e. The summed E-state index contributed by atoms with van der Waals surface area (Å²) in [6.07, 6.45) is 0. The monoisotopic (exact) mass is 247 g/mol. The second kappa shape index (κ2) is 4.42. The molecule has 0 spiro atoms. The second-order valence-electron chi connectivity index (χ2n) is 4.79. The molecular weight excluding hydrogens is 230 g/mol. The molecule has 1 aromatic rings. The van der Waals surface area contributed by atoms with Gasteiger partial charge >= 0.3 is 6.03 Å². The fourth-order valence-electron chi connectivity index (χ4n) is 2.11. The topological polar surface area (TPSA) is 84.2 Å². The number of carbonyl (C=O) groups excluding carboxylic acids is 2. The zero-order chi connectivity index (χ0) is 13.3. The molecular formula is C13H17N3O2. The lowest BCUT2D eigenvalue weighted by Crippen LogP contribution is -2.49. The Hall–Kier alpha value is -1.88. The van der Waals surface area contributed by atoms with Crippen molar-refractivity contribution in [2.24, 2.45) is 5.73 Å². The van der Waals surface area contributed by atoms with Crippen LogP contribution in [0.15, 0.2) is 24.3 Å². The second-order valence-corrected chi connectivity index (χ2v) is 4.79. The highest BCUT2D eigenvalue weighted by molar-refractivity contribution is 6.07. The van der Waals surface area contributed by atoms with Crippen LogP contribution in [0.3, 0.4) is 0 Å². The molecule has 96 valence electrons. The van der Waals surface area contributed by atoms with E-state index in [9.17, 15) is 9.59 Å². The number of hydrogen-bond acceptors (Lipinski definition) is 3. The zero-order valence-corrected chi connectivity index (χ0v) is 10.5. The summed E-state index contributed by atoms with van der Waals surface area (Å²) in [4.78, 5) is 23.2. The normalized spacial score (nSPS) is 23.1. The van der Waals surface area contributed by atoms with E-state index in [1.54, 1.807) is 0 Å². The number of urea groups is 1. The molecule has 1 aromatic carbocycles. The summed E-state index contributed by atoms with van der Waals surface area (Å²) >= 11 is 0. The van der Waals surface area contributed by atoms with Crippen molar-refractivity contribution >= 4 is 11.9 Å². The van der Waals surface area contributed by atoms with Gasteiger partial charge in [-0.15, -0.1) is 0 Å². The highest BCUT2D eigenvalue weighted by Crippen LogP contribution is 2.25. The molecule has 1 aliphatic rings. The molecule has 4 N–H and O–H groups in total. The number of benzene rings is 1. The van der Waals surface area contributed by atoms with Crippen molar-refractivity contribution in [3.05, 3.63) is 35.4 Å². The van der Waals surface area contributed by atoms with Crippen LogP contribution in [0.2, 0.25) is 0 Å². The van der Waals surface area contributed by atoms with Gasteiger partial charge in [0.1, 0.15) is 0 Å². The number of rotatable bonds is 3. The Morgan fingerprint density at radius 2 is 1.83 bits per heavy atom. The van der Waals surface area contributed by atoms with Crippen LogP contribution in [0, 0.1) is 0 Å². The highest BCUT2D eigenvalue weighted by atomic mass is 16.2. The summed E-state index contributed by atoms with van der Waals surface area (Å²) in [7, 11) is 0. The first-order chi connectivity index (χ1) is 8.49. The minimum absolute atomic E-state index is 0.0333. The van der Waals surface area contributed by atoms with Crippen LogP contribution >= 0.6 is 0 Å². The maximum absolute atomic E-state index is 11.9. The molecule has 1 fully saturated rings. The molecule has 0 aliphatic carbocycles. The number of carbonyl (C=O) groups is 2. The Bertz CT molecular complexity index is 482. The average molecular weight is 247 g/mol. The third-order valence-electron chi connectivity index (χ3n) is 3.32. The SMILES string of the molecule is CC(C)c1ccc(C2(CN)NC(=O)NC2=O)cc1. The van der Waals surface area contributed by atoms with Gasteiger partial charge in [-0.1, -0.05) is 38.1 Å². The maximum atomic E-state index is 11.9. The molecule has 18 heavy (non-hydrogen) atoms. The minimum atomic E-state index is -1.13. The van der Waals surface area contributed by atoms with Crippen molar-refractivity contribution in [1.29, 1.82) is 0 Å². The zero-order valence-electron chi connectivity index (χ0n) is 10.5. The molecule has 1 heterocycles. The van der Waals surface area contributed by atoms with Gasteiger partial charge in [-0.05, 0) is 17.0 Å². The molecule has 5 heteroatoms. The van der Waals surface area contributed by atoms with E-state index in [4.69, 9.17) is 5.73 Å². The first-order valence-corrected chi connectivity index (χ1v) is 5.93. The Morgan fingerprint density at radius 3 is 2.22 bits per heavy atom. The van der Waals surface area contributed by atoms with E-state index in [1.807, 2.05) is 24.3 Å². The number of nitrogens with one attached hydrogen (secondary N) is 2. The van der Waals surface area contributed by atoms with Crippen LogP contribution in [0.1, 0.15) is 30.9 Å². The van der Waals surface area contributed by atoms with Crippen molar-refractivity contribution in [2.45, 2.75) is 25.3 Å². The number of hydrogen-bond donors (Lipinski definition) is 3. The lowest BCUT2D eigenvalue weighted by molar-refractivity contribution is -0.123. The predicted octanol–water partition coefficient (Wildman–Crippen LogP) is 0.803. The van der Waals surface area contributed by atoms with E-state index in [2.05, 4.69) is 24.5 Å². The molecule has 1 unspecified atom stereocenters. The van der Waals surface area contributed by atoms with Crippen molar-refractivity contribution < 1.29 is 9.59 Å². The van der Waals surface area contributed by atoms with E-state index in [-0.39, 0.29) is 6.54 Å². The summed E-state index contributed by atoms with van der Waals surface area (Å²) in [5.74, 6) is 0.0205. The third-order valence-corrected chi connectivity index (χ3v) is 3.32. The van der Waals surface area contributed by atoms with Crippen LogP contribution in [-0.4, -0.2) is 18.5 Å². The predicted molar refractivity (Wildman–Crippen MR) is 67.9 cm³/mol. The van der Waals surface area contributed by atoms with Crippen molar-refractivity contribution in [3.8, 4) is 0 Å². The van der Waals surface area contributed by atoms with Gasteiger partial charge in [0.2, 0.25) is 0 Å². The quantitative estimate of drug-likeness (QED) is 0.691. The Kier molecular flexibility index (Phi) is 3.09. The van der Waals surface area contributed by atoms with Crippen LogP contribution in [0.25, 0.3) is 0 Å². The lowest BCUT2D eigenvalue weighted by atomic mass is 9.88. The molecule has 1 aliphatic heterocycles. The van der Waals surface area contributed by atoms with Gasteiger partial charge in [0, 0.05) is 6.54 Å². The van der Waals surface area contributed by atoms with Gasteiger partial charge in [0.15, 0.2) is 5.54 Å². The number of imide groups is 1. The summed E-state index contributed by atoms with van der Waals surface area (Å²) < 4.78 is 0. The number of amides is 3. The standard InChI is InChI=1S/C13H17N3O2/c1-8(2)9-3-5-10(6-4-9)13(7-14)11(17)15-12(18)16-13/h3-6,8H,7,14H2,1-2H3,(H2,15,16,17,18). The van der Waals surface area contributed by atoms with E-state index in [0.717, 1.165) is 0 Å². The van der Waals surface area contributed by atoms with Crippen molar-refractivity contribution in [2.75, 3.05) is 6.54 Å². The molecule has 3 amide bonds. The average Bonchev–Trinajstić information content (AvgIpc) is 2.65. The smallest absolute Gasteiger partial charge is 0.322 e. The first kappa shape index (κ1) is 12.6. The molecule has 5 nitrogen and oxygen atoms in total. The molecule has 2 rings (SSSR count). The van der Waals surface area contributed by atoms with Gasteiger partial charge in [-0.2, -0.15) is 0 Å². The molecule has 1 saturated heterocycles. The van der Waals surface area contributed by atoms with Gasteiger partial charge < -0.3 is 11.1 Å². The molecule has 1 atom stereocenters. The van der Waals surface area contributed by atoms with E-state index >= 15 is 0 Å². The Morgan fingerprint density at radius 1 is 1.22 bits per heavy atom. The summed E-state index contributed by atoms with van der Waals surface area (Å²) in [6, 6.07) is 7.09. The van der Waals surface area contributed by atoms with Gasteiger partial charge in [0.05, 0.1) is 0 Å². The van der Waals surface area contributed by atoms with E-state index in [0.29, 0.717) is 11.5 Å². The summed E-state index contributed by atoms with van der Waals surface area (Å²) in [6.45, 7) is 4.22. The third kappa shape index (κ3) is 1.86. The van der Waals surface area contributed by atoms with Gasteiger partial charge in [-0.25, -0.2) is 4.79 Å². The van der Waals surface area contributed by atoms with E-state index < -0.39 is 17.5 Å². The summed E-state index contributed by atoms with van der Waals surface area (Å²) in [5, 5.41) is 4.83. The van der Waals surface area contributed by atoms with Crippen LogP contribution in [0.4, 0.5) is 4.79 Å². The molecule has 0 radical (unpaired) electrons. The first-order valence-electron chi connectivity index (χ1n) is 5.93. The molecule has 0 bridgehead atoms. The number of nitrogens with two attached hydrogens (primary N) is 1. The van der Waals surface area contributed by atoms with Gasteiger partial charge in [0.25, 0.3) is 5.91 Å². The largest absolute Gasteiger partial charge is 0.327 e. The van der Waals surface area contributed by atoms with Crippen molar-refractivity contribution in [1.82, 2.24) is 10.6 Å². The molecule has 0 aromatic heterocycles. The highest BCUT2D eigenvalue weighted by Gasteiger charge is 2.46. The van der Waals surface area contributed by atoms with Gasteiger partial charge in [-0.3, -0.25) is 10.1 Å². The van der Waals surface area contributed by atoms with Crippen LogP contribution in [0.5, 0.6) is 0 Å². The summed E-state index contributed by atoms with van der Waals surface area (Å²) in [5.41, 5.74) is 6.43. The Balaban J connectivity index is 2.39. The van der Waals surface area contributed by atoms with Crippen molar-refractivity contribution in [3.63, 3.8) is 0 Å². The Labute approximate surface area is 106 Å². The van der Waals surface area contributed by atoms with Crippen LogP contribution in [-0.2, 0) is 10.3 Å².